The fourth-order valence-electron chi connectivity index (χ4n) is 4.30. The van der Waals surface area contributed by atoms with E-state index in [2.05, 4.69) is 19.2 Å². The van der Waals surface area contributed by atoms with Crippen LogP contribution in [0, 0.1) is 0 Å². The van der Waals surface area contributed by atoms with Crippen LogP contribution in [0.4, 0.5) is 5.69 Å². The molecule has 0 aliphatic heterocycles. The second kappa shape index (κ2) is 13.6. The van der Waals surface area contributed by atoms with Gasteiger partial charge < -0.3 is 10.2 Å². The first-order chi connectivity index (χ1) is 18.6. The molecule has 0 bridgehead atoms. The number of hydrogen-bond donors (Lipinski definition) is 1. The Hall–Kier alpha value is -3.36. The van der Waals surface area contributed by atoms with Gasteiger partial charge in [0.25, 0.3) is 10.0 Å². The van der Waals surface area contributed by atoms with Gasteiger partial charge in [0.1, 0.15) is 12.6 Å². The van der Waals surface area contributed by atoms with E-state index in [1.54, 1.807) is 61.5 Å². The van der Waals surface area contributed by atoms with Gasteiger partial charge in [-0.1, -0.05) is 80.9 Å². The molecule has 0 aliphatic rings. The molecule has 0 aromatic heterocycles. The van der Waals surface area contributed by atoms with Crippen LogP contribution in [0.2, 0.25) is 5.02 Å². The van der Waals surface area contributed by atoms with E-state index in [0.717, 1.165) is 9.87 Å². The summed E-state index contributed by atoms with van der Waals surface area (Å²) >= 11 is 6.41. The molecule has 208 valence electrons. The maximum Gasteiger partial charge on any atom is 0.264 e. The van der Waals surface area contributed by atoms with Crippen LogP contribution >= 0.6 is 11.6 Å². The molecule has 0 saturated carbocycles. The zero-order valence-corrected chi connectivity index (χ0v) is 24.4. The maximum absolute atomic E-state index is 14.0. The van der Waals surface area contributed by atoms with Crippen molar-refractivity contribution >= 4 is 39.1 Å². The predicted molar refractivity (Wildman–Crippen MR) is 156 cm³/mol. The van der Waals surface area contributed by atoms with Crippen molar-refractivity contribution in [1.82, 2.24) is 10.2 Å². The Kier molecular flexibility index (Phi) is 10.5. The average molecular weight is 570 g/mol. The van der Waals surface area contributed by atoms with Crippen molar-refractivity contribution in [3.63, 3.8) is 0 Å². The zero-order valence-electron chi connectivity index (χ0n) is 22.8. The minimum absolute atomic E-state index is 0.0552. The zero-order chi connectivity index (χ0) is 28.6. The van der Waals surface area contributed by atoms with Gasteiger partial charge in [-0.3, -0.25) is 13.9 Å². The molecule has 2 amide bonds. The highest BCUT2D eigenvalue weighted by Gasteiger charge is 2.33. The second-order valence-electron chi connectivity index (χ2n) is 9.50. The molecule has 0 fully saturated rings. The minimum Gasteiger partial charge on any atom is -0.355 e. The number of nitrogens with zero attached hydrogens (tertiary/aromatic N) is 2. The van der Waals surface area contributed by atoms with E-state index in [-0.39, 0.29) is 23.3 Å². The summed E-state index contributed by atoms with van der Waals surface area (Å²) in [4.78, 5) is 28.5. The molecular weight excluding hydrogens is 534 g/mol. The molecule has 9 heteroatoms. The van der Waals surface area contributed by atoms with Gasteiger partial charge in [-0.2, -0.15) is 0 Å². The van der Waals surface area contributed by atoms with Crippen molar-refractivity contribution < 1.29 is 18.0 Å². The largest absolute Gasteiger partial charge is 0.355 e. The lowest BCUT2D eigenvalue weighted by Crippen LogP contribution is -2.52. The summed E-state index contributed by atoms with van der Waals surface area (Å²) in [6.45, 7) is 7.69. The SMILES string of the molecule is CCNC(=O)C(CC)N(Cc1ccccc1Cl)C(=O)CN(c1ccc(C(C)C)cc1)S(=O)(=O)c1ccccc1. The summed E-state index contributed by atoms with van der Waals surface area (Å²) < 4.78 is 28.8. The topological polar surface area (TPSA) is 86.8 Å². The van der Waals surface area contributed by atoms with E-state index in [0.29, 0.717) is 29.2 Å². The van der Waals surface area contributed by atoms with Crippen LogP contribution in [0.25, 0.3) is 0 Å². The van der Waals surface area contributed by atoms with Gasteiger partial charge in [-0.15, -0.1) is 0 Å². The number of anilines is 1. The number of nitrogens with one attached hydrogen (secondary N) is 1. The summed E-state index contributed by atoms with van der Waals surface area (Å²) in [5.74, 6) is -0.562. The Morgan fingerprint density at radius 1 is 0.897 bits per heavy atom. The quantitative estimate of drug-likeness (QED) is 0.307. The molecule has 3 aromatic rings. The fourth-order valence-corrected chi connectivity index (χ4v) is 5.93. The molecule has 39 heavy (non-hydrogen) atoms. The first kappa shape index (κ1) is 30.2. The molecular formula is C30H36ClN3O4S. The third-order valence-corrected chi connectivity index (χ3v) is 8.65. The number of sulfonamides is 1. The van der Waals surface area contributed by atoms with Gasteiger partial charge in [-0.25, -0.2) is 8.42 Å². The monoisotopic (exact) mass is 569 g/mol. The average Bonchev–Trinajstić information content (AvgIpc) is 2.93. The lowest BCUT2D eigenvalue weighted by molar-refractivity contribution is -0.140. The smallest absolute Gasteiger partial charge is 0.264 e. The van der Waals surface area contributed by atoms with Crippen LogP contribution in [-0.2, 0) is 26.2 Å². The van der Waals surface area contributed by atoms with E-state index in [1.165, 1.54) is 17.0 Å². The number of carbonyl (C=O) groups is 2. The van der Waals surface area contributed by atoms with Crippen molar-refractivity contribution in [1.29, 1.82) is 0 Å². The Labute approximate surface area is 236 Å². The summed E-state index contributed by atoms with van der Waals surface area (Å²) in [7, 11) is -4.10. The van der Waals surface area contributed by atoms with E-state index in [9.17, 15) is 18.0 Å². The van der Waals surface area contributed by atoms with Gasteiger partial charge in [0.05, 0.1) is 10.6 Å². The molecule has 0 spiro atoms. The summed E-state index contributed by atoms with van der Waals surface area (Å²) in [6, 6.07) is 21.5. The number of halogens is 1. The van der Waals surface area contributed by atoms with Crippen LogP contribution < -0.4 is 9.62 Å². The summed E-state index contributed by atoms with van der Waals surface area (Å²) in [5, 5.41) is 3.25. The Bertz CT molecular complexity index is 1360. The van der Waals surface area contributed by atoms with Crippen molar-refractivity contribution in [2.75, 3.05) is 17.4 Å². The molecule has 3 rings (SSSR count). The predicted octanol–water partition coefficient (Wildman–Crippen LogP) is 5.60. The number of rotatable bonds is 12. The van der Waals surface area contributed by atoms with E-state index in [1.807, 2.05) is 19.1 Å². The third-order valence-electron chi connectivity index (χ3n) is 6.49. The van der Waals surface area contributed by atoms with Gasteiger partial charge in [0, 0.05) is 18.1 Å². The number of hydrogen-bond acceptors (Lipinski definition) is 4. The van der Waals surface area contributed by atoms with Gasteiger partial charge in [-0.05, 0) is 60.7 Å². The Morgan fingerprint density at radius 3 is 2.08 bits per heavy atom. The van der Waals surface area contributed by atoms with Gasteiger partial charge in [0.2, 0.25) is 11.8 Å². The molecule has 7 nitrogen and oxygen atoms in total. The molecule has 3 aromatic carbocycles. The molecule has 1 atom stereocenters. The fraction of sp³-hybridized carbons (Fsp3) is 0.333. The van der Waals surface area contributed by atoms with Crippen LogP contribution in [0.1, 0.15) is 51.2 Å². The number of benzene rings is 3. The number of amides is 2. The van der Waals surface area contributed by atoms with Crippen LogP contribution in [0.15, 0.2) is 83.8 Å². The standard InChI is InChI=1S/C30H36ClN3O4S/c1-5-28(30(36)32-6-2)33(20-24-12-10-11-15-27(24)31)29(35)21-34(25-18-16-23(17-19-25)22(3)4)39(37,38)26-13-8-7-9-14-26/h7-19,22,28H,5-6,20-21H2,1-4H3,(H,32,36). The molecule has 0 heterocycles. The van der Waals surface area contributed by atoms with Crippen molar-refractivity contribution in [3.8, 4) is 0 Å². The minimum atomic E-state index is -4.10. The van der Waals surface area contributed by atoms with Gasteiger partial charge in [0.15, 0.2) is 0 Å². The van der Waals surface area contributed by atoms with Crippen LogP contribution in [-0.4, -0.2) is 44.3 Å². The van der Waals surface area contributed by atoms with E-state index in [4.69, 9.17) is 11.6 Å². The lowest BCUT2D eigenvalue weighted by atomic mass is 10.0. The molecule has 1 unspecified atom stereocenters. The Morgan fingerprint density at radius 2 is 1.51 bits per heavy atom. The highest BCUT2D eigenvalue weighted by atomic mass is 35.5. The summed E-state index contributed by atoms with van der Waals surface area (Å²) in [5.41, 5.74) is 2.07. The second-order valence-corrected chi connectivity index (χ2v) is 11.8. The normalized spacial score (nSPS) is 12.2. The van der Waals surface area contributed by atoms with Gasteiger partial charge >= 0.3 is 0 Å². The summed E-state index contributed by atoms with van der Waals surface area (Å²) in [6.07, 6.45) is 0.344. The highest BCUT2D eigenvalue weighted by molar-refractivity contribution is 7.92. The molecule has 0 radical (unpaired) electrons. The molecule has 0 saturated heterocycles. The van der Waals surface area contributed by atoms with Crippen molar-refractivity contribution in [2.24, 2.45) is 0 Å². The lowest BCUT2D eigenvalue weighted by Gasteiger charge is -2.33. The third kappa shape index (κ3) is 7.40. The Balaban J connectivity index is 2.07. The molecule has 0 aliphatic carbocycles. The van der Waals surface area contributed by atoms with Crippen molar-refractivity contribution in [3.05, 3.63) is 95.0 Å². The maximum atomic E-state index is 14.0. The highest BCUT2D eigenvalue weighted by Crippen LogP contribution is 2.27. The van der Waals surface area contributed by atoms with Crippen LogP contribution in [0.5, 0.6) is 0 Å². The first-order valence-electron chi connectivity index (χ1n) is 13.1. The number of carbonyl (C=O) groups excluding carboxylic acids is 2. The van der Waals surface area contributed by atoms with Crippen LogP contribution in [0.3, 0.4) is 0 Å². The molecule has 1 N–H and O–H groups in total. The van der Waals surface area contributed by atoms with E-state index < -0.39 is 28.5 Å². The number of likely N-dealkylation sites (N-methyl/N-ethyl adjacent to an activating group) is 1. The van der Waals surface area contributed by atoms with E-state index >= 15 is 0 Å². The van der Waals surface area contributed by atoms with Crippen molar-refractivity contribution in [2.45, 2.75) is 57.5 Å². The first-order valence-corrected chi connectivity index (χ1v) is 14.9.